The first-order chi connectivity index (χ1) is 36.0. The number of aromatic nitrogens is 2. The zero-order valence-corrected chi connectivity index (χ0v) is 51.7. The normalized spacial score (nSPS) is 13.6. The summed E-state index contributed by atoms with van der Waals surface area (Å²) in [4.78, 5) is 9.65. The number of fused-ring (bicyclic) bond motifs is 4. The van der Waals surface area contributed by atoms with Crippen LogP contribution >= 0.6 is 0 Å². The van der Waals surface area contributed by atoms with Crippen LogP contribution in [0.2, 0.25) is 0 Å². The van der Waals surface area contributed by atoms with E-state index in [1.165, 1.54) is 55.6 Å². The van der Waals surface area contributed by atoms with Crippen LogP contribution < -0.4 is 14.5 Å². The number of benzene rings is 7. The minimum absolute atomic E-state index is 0. The quantitative estimate of drug-likeness (QED) is 0.149. The molecule has 78 heavy (non-hydrogen) atoms. The molecule has 5 nitrogen and oxygen atoms in total. The van der Waals surface area contributed by atoms with Crippen molar-refractivity contribution >= 4 is 44.6 Å². The summed E-state index contributed by atoms with van der Waals surface area (Å²) in [6.07, 6.45) is 1.91. The van der Waals surface area contributed by atoms with Crippen LogP contribution in [-0.2, 0) is 53.6 Å². The van der Waals surface area contributed by atoms with Crippen molar-refractivity contribution in [3.63, 3.8) is 0 Å². The van der Waals surface area contributed by atoms with E-state index in [0.717, 1.165) is 50.4 Å². The summed E-state index contributed by atoms with van der Waals surface area (Å²) in [5.74, 6) is 2.05. The van der Waals surface area contributed by atoms with E-state index < -0.39 is 0 Å². The molecule has 0 amide bonds. The van der Waals surface area contributed by atoms with Gasteiger partial charge in [-0.05, 0) is 125 Å². The van der Waals surface area contributed by atoms with E-state index in [2.05, 4.69) is 285 Å². The molecule has 0 fully saturated rings. The van der Waals surface area contributed by atoms with Gasteiger partial charge in [0, 0.05) is 72.5 Å². The Bertz CT molecular complexity index is 3630. The number of hydrogen-bond donors (Lipinski definition) is 0. The van der Waals surface area contributed by atoms with Gasteiger partial charge in [-0.2, -0.15) is 12.1 Å². The molecule has 0 unspecified atom stereocenters. The summed E-state index contributed by atoms with van der Waals surface area (Å²) in [6, 6.07) is 58.8. The Kier molecular flexibility index (Phi) is 14.5. The van der Waals surface area contributed by atoms with E-state index in [9.17, 15) is 0 Å². The molecule has 6 heteroatoms. The average Bonchev–Trinajstić information content (AvgIpc) is 3.92. The number of rotatable bonds is 7. The maximum Gasteiger partial charge on any atom is 0.135 e. The van der Waals surface area contributed by atoms with Crippen LogP contribution in [0.5, 0.6) is 11.5 Å². The van der Waals surface area contributed by atoms with Crippen molar-refractivity contribution in [1.29, 1.82) is 0 Å². The van der Waals surface area contributed by atoms with Gasteiger partial charge in [-0.15, -0.1) is 48.1 Å². The van der Waals surface area contributed by atoms with Crippen molar-refractivity contribution in [2.75, 3.05) is 9.80 Å². The van der Waals surface area contributed by atoms with Crippen molar-refractivity contribution in [3.8, 4) is 39.6 Å². The van der Waals surface area contributed by atoms with E-state index in [0.29, 0.717) is 11.5 Å². The molecule has 0 N–H and O–H groups in total. The molecule has 0 atom stereocenters. The van der Waals surface area contributed by atoms with E-state index >= 15 is 0 Å². The van der Waals surface area contributed by atoms with Gasteiger partial charge in [-0.3, -0.25) is 0 Å². The summed E-state index contributed by atoms with van der Waals surface area (Å²) in [5, 5.41) is 2.23. The molecule has 0 saturated carbocycles. The molecule has 406 valence electrons. The van der Waals surface area contributed by atoms with Gasteiger partial charge in [0.25, 0.3) is 0 Å². The van der Waals surface area contributed by atoms with Crippen molar-refractivity contribution < 1.29 is 25.8 Å². The van der Waals surface area contributed by atoms with Gasteiger partial charge in [0.2, 0.25) is 0 Å². The van der Waals surface area contributed by atoms with Gasteiger partial charge >= 0.3 is 0 Å². The number of pyridine rings is 1. The Labute approximate surface area is 481 Å². The predicted molar refractivity (Wildman–Crippen MR) is 327 cm³/mol. The number of anilines is 4. The zero-order chi connectivity index (χ0) is 55.4. The van der Waals surface area contributed by atoms with Crippen LogP contribution in [0, 0.1) is 18.8 Å². The first-order valence-electron chi connectivity index (χ1n) is 27.6. The summed E-state index contributed by atoms with van der Waals surface area (Å²) in [6.45, 7) is 44.1. The molecule has 10 rings (SSSR count). The van der Waals surface area contributed by atoms with Gasteiger partial charge in [0.1, 0.15) is 5.82 Å². The molecule has 0 spiro atoms. The topological polar surface area (TPSA) is 33.5 Å². The maximum absolute atomic E-state index is 6.82. The third kappa shape index (κ3) is 10.7. The molecule has 2 aromatic heterocycles. The summed E-state index contributed by atoms with van der Waals surface area (Å²) >= 11 is 0. The predicted octanol–water partition coefficient (Wildman–Crippen LogP) is 20.1. The Morgan fingerprint density at radius 3 is 1.47 bits per heavy atom. The van der Waals surface area contributed by atoms with Gasteiger partial charge in [0.15, 0.2) is 0 Å². The Morgan fingerprint density at radius 1 is 0.423 bits per heavy atom. The average molecular weight is 1210 g/mol. The number of hydrogen-bond acceptors (Lipinski definition) is 4. The summed E-state index contributed by atoms with van der Waals surface area (Å²) in [5.41, 5.74) is 18.2. The van der Waals surface area contributed by atoms with Crippen LogP contribution in [0.25, 0.3) is 49.9 Å². The third-order valence-electron chi connectivity index (χ3n) is 15.4. The Hall–Kier alpha value is -6.42. The van der Waals surface area contributed by atoms with Gasteiger partial charge in [-0.25, -0.2) is 4.98 Å². The molecule has 0 radical (unpaired) electrons. The fourth-order valence-electron chi connectivity index (χ4n) is 10.9. The number of ether oxygens (including phenoxy) is 1. The Morgan fingerprint density at radius 2 is 0.923 bits per heavy atom. The second kappa shape index (κ2) is 20.0. The second-order valence-corrected chi connectivity index (χ2v) is 27.6. The Balaban J connectivity index is 0.00000740. The third-order valence-corrected chi connectivity index (χ3v) is 15.4. The molecule has 9 aromatic rings. The monoisotopic (exact) mass is 1210 g/mol. The largest absolute Gasteiger partial charge is 0.509 e. The minimum Gasteiger partial charge on any atom is -0.509 e. The molecular formula is C72H79N4OPt-3. The number of para-hydroxylation sites is 3. The maximum atomic E-state index is 6.82. The fourth-order valence-corrected chi connectivity index (χ4v) is 10.9. The van der Waals surface area contributed by atoms with Crippen LogP contribution in [0.3, 0.4) is 0 Å². The van der Waals surface area contributed by atoms with Gasteiger partial charge < -0.3 is 19.1 Å². The van der Waals surface area contributed by atoms with Crippen LogP contribution in [0.4, 0.5) is 22.7 Å². The summed E-state index contributed by atoms with van der Waals surface area (Å²) < 4.78 is 9.03. The molecular weight excluding hydrogens is 1130 g/mol. The van der Waals surface area contributed by atoms with Gasteiger partial charge in [-0.1, -0.05) is 197 Å². The molecule has 0 bridgehead atoms. The van der Waals surface area contributed by atoms with Gasteiger partial charge in [0.05, 0.1) is 0 Å². The molecule has 1 aliphatic rings. The van der Waals surface area contributed by atoms with Crippen LogP contribution in [0.1, 0.15) is 158 Å². The van der Waals surface area contributed by atoms with Crippen molar-refractivity contribution in [3.05, 3.63) is 198 Å². The first-order valence-corrected chi connectivity index (χ1v) is 27.6. The molecule has 7 aromatic carbocycles. The molecule has 1 aliphatic heterocycles. The number of nitrogens with zero attached hydrogens (tertiary/aromatic N) is 4. The first kappa shape index (κ1) is 56.3. The van der Waals surface area contributed by atoms with Crippen LogP contribution in [0.15, 0.2) is 146 Å². The van der Waals surface area contributed by atoms with Crippen molar-refractivity contribution in [2.45, 2.75) is 157 Å². The molecule has 3 heterocycles. The SMILES string of the molecule is CC(C)(C)c1ccnc(-n2c3[c-]c(Oc4[c-]c(N5[CH-]N(c6c(-c7cc(C(C)(C)C)ccc7C(C)(C)C)cc(C(C)(C)C)cc6-c6cc(C(C)(C)C)ccc6C(C)(C)C)c6ccccc65)ccc4)ccc3c3ccccc32)c1.[Pt]. The van der Waals surface area contributed by atoms with E-state index in [-0.39, 0.29) is 53.6 Å². The smallest absolute Gasteiger partial charge is 0.135 e. The van der Waals surface area contributed by atoms with E-state index in [1.807, 2.05) is 18.3 Å². The zero-order valence-electron chi connectivity index (χ0n) is 49.4. The van der Waals surface area contributed by atoms with Crippen LogP contribution in [-0.4, -0.2) is 9.55 Å². The minimum atomic E-state index is -0.157. The molecule has 0 aliphatic carbocycles. The standard InChI is InChI=1S/C72H79N4O.Pt/c1-67(2,3)46-30-34-59(71(13,14)15)55(38-46)57-40-49(70(10,11)12)41-58(56-39-47(68(4,5)6)31-35-60(56)72(16,17)18)66(57)75-45-74(62-28-21-22-29-63(62)75)50-24-23-25-51(43-50)77-52-32-33-54-53-26-19-20-27-61(53)76(64(54)44-52)65-42-48(36-37-73-65)69(7,8)9;/h19-42,45H,1-18H3;/q-3;. The second-order valence-electron chi connectivity index (χ2n) is 27.6. The van der Waals surface area contributed by atoms with Crippen molar-refractivity contribution in [2.24, 2.45) is 0 Å². The summed E-state index contributed by atoms with van der Waals surface area (Å²) in [7, 11) is 0. The fraction of sp³-hybridized carbons (Fsp3) is 0.333. The molecule has 0 saturated heterocycles. The van der Waals surface area contributed by atoms with E-state index in [4.69, 9.17) is 9.72 Å². The van der Waals surface area contributed by atoms with Crippen molar-refractivity contribution in [1.82, 2.24) is 9.55 Å². The van der Waals surface area contributed by atoms with E-state index in [1.54, 1.807) is 0 Å².